The van der Waals surface area contributed by atoms with Gasteiger partial charge in [0.1, 0.15) is 0 Å². The van der Waals surface area contributed by atoms with E-state index in [9.17, 15) is 8.42 Å². The second-order valence-corrected chi connectivity index (χ2v) is 7.63. The first-order chi connectivity index (χ1) is 9.91. The Morgan fingerprint density at radius 3 is 2.71 bits per heavy atom. The van der Waals surface area contributed by atoms with Crippen LogP contribution in [0, 0.1) is 5.92 Å². The molecule has 1 aromatic rings. The second-order valence-electron chi connectivity index (χ2n) is 5.48. The largest absolute Gasteiger partial charge is 0.397 e. The molecule has 0 unspecified atom stereocenters. The number of nitrogen functional groups attached to an aromatic ring is 1. The Morgan fingerprint density at radius 1 is 1.38 bits per heavy atom. The van der Waals surface area contributed by atoms with Crippen molar-refractivity contribution in [3.8, 4) is 0 Å². The van der Waals surface area contributed by atoms with Crippen molar-refractivity contribution in [3.63, 3.8) is 0 Å². The van der Waals surface area contributed by atoms with E-state index < -0.39 is 10.0 Å². The molecule has 0 bridgehead atoms. The van der Waals surface area contributed by atoms with Gasteiger partial charge in [-0.1, -0.05) is 0 Å². The minimum absolute atomic E-state index is 0.225. The minimum atomic E-state index is -3.45. The summed E-state index contributed by atoms with van der Waals surface area (Å²) in [6.45, 7) is 2.00. The number of nitrogens with two attached hydrogens (primary N) is 1. The molecule has 0 radical (unpaired) electrons. The lowest BCUT2D eigenvalue weighted by Gasteiger charge is -2.14. The van der Waals surface area contributed by atoms with Gasteiger partial charge in [0, 0.05) is 27.2 Å². The smallest absolute Gasteiger partial charge is 0.242 e. The maximum absolute atomic E-state index is 12.1. The van der Waals surface area contributed by atoms with Gasteiger partial charge in [-0.3, -0.25) is 0 Å². The fourth-order valence-electron chi connectivity index (χ4n) is 1.85. The molecule has 2 rings (SSSR count). The molecule has 0 aliphatic heterocycles. The molecular formula is C14H23N3O3S. The Morgan fingerprint density at radius 2 is 2.10 bits per heavy atom. The molecule has 0 spiro atoms. The van der Waals surface area contributed by atoms with Crippen LogP contribution < -0.4 is 11.1 Å². The van der Waals surface area contributed by atoms with Gasteiger partial charge in [-0.15, -0.1) is 0 Å². The van der Waals surface area contributed by atoms with Crippen molar-refractivity contribution in [2.45, 2.75) is 17.7 Å². The van der Waals surface area contributed by atoms with Crippen molar-refractivity contribution in [1.82, 2.24) is 4.31 Å². The molecule has 0 aromatic heterocycles. The van der Waals surface area contributed by atoms with Crippen LogP contribution in [0.2, 0.25) is 0 Å². The summed E-state index contributed by atoms with van der Waals surface area (Å²) in [5, 5.41) is 3.13. The maximum Gasteiger partial charge on any atom is 0.242 e. The lowest BCUT2D eigenvalue weighted by molar-refractivity contribution is 0.134. The normalized spacial score (nSPS) is 15.4. The number of anilines is 2. The number of rotatable bonds is 8. The molecule has 6 nitrogen and oxygen atoms in total. The van der Waals surface area contributed by atoms with Crippen LogP contribution in [0.15, 0.2) is 23.1 Å². The number of ether oxygens (including phenoxy) is 1. The first-order valence-corrected chi connectivity index (χ1v) is 8.49. The Bertz CT molecular complexity index is 583. The molecule has 1 fully saturated rings. The SMILES string of the molecule is CN(C)S(=O)(=O)c1ccc(N)c(NCCOCC2CC2)c1. The monoisotopic (exact) mass is 313 g/mol. The van der Waals surface area contributed by atoms with Crippen LogP contribution in [0.25, 0.3) is 0 Å². The van der Waals surface area contributed by atoms with Crippen LogP contribution in [0.3, 0.4) is 0 Å². The summed E-state index contributed by atoms with van der Waals surface area (Å²) < 4.78 is 30.9. The first kappa shape index (κ1) is 16.1. The highest BCUT2D eigenvalue weighted by Crippen LogP contribution is 2.28. The van der Waals surface area contributed by atoms with Gasteiger partial charge < -0.3 is 15.8 Å². The molecule has 0 saturated heterocycles. The zero-order valence-corrected chi connectivity index (χ0v) is 13.3. The summed E-state index contributed by atoms with van der Waals surface area (Å²) >= 11 is 0. The van der Waals surface area contributed by atoms with Crippen LogP contribution in [0.4, 0.5) is 11.4 Å². The van der Waals surface area contributed by atoms with Crippen molar-refractivity contribution in [3.05, 3.63) is 18.2 Å². The van der Waals surface area contributed by atoms with E-state index in [1.807, 2.05) is 0 Å². The van der Waals surface area contributed by atoms with Gasteiger partial charge in [-0.25, -0.2) is 12.7 Å². The van der Waals surface area contributed by atoms with E-state index in [0.29, 0.717) is 24.5 Å². The fourth-order valence-corrected chi connectivity index (χ4v) is 2.78. The highest BCUT2D eigenvalue weighted by Gasteiger charge is 2.21. The summed E-state index contributed by atoms with van der Waals surface area (Å²) in [5.74, 6) is 0.739. The summed E-state index contributed by atoms with van der Waals surface area (Å²) in [7, 11) is -0.439. The molecule has 0 amide bonds. The van der Waals surface area contributed by atoms with Crippen LogP contribution in [-0.4, -0.2) is 46.6 Å². The Labute approximate surface area is 126 Å². The third kappa shape index (κ3) is 4.33. The quantitative estimate of drug-likeness (QED) is 0.559. The molecule has 0 heterocycles. The van der Waals surface area contributed by atoms with Crippen LogP contribution in [-0.2, 0) is 14.8 Å². The van der Waals surface area contributed by atoms with Gasteiger partial charge in [0.15, 0.2) is 0 Å². The van der Waals surface area contributed by atoms with E-state index in [-0.39, 0.29) is 4.90 Å². The predicted molar refractivity (Wildman–Crippen MR) is 83.8 cm³/mol. The van der Waals surface area contributed by atoms with Crippen molar-refractivity contribution in [1.29, 1.82) is 0 Å². The standard InChI is InChI=1S/C14H23N3O3S/c1-17(2)21(18,19)12-5-6-13(15)14(9-12)16-7-8-20-10-11-3-4-11/h5-6,9,11,16H,3-4,7-8,10,15H2,1-2H3. The molecule has 1 saturated carbocycles. The Hall–Kier alpha value is -1.31. The van der Waals surface area contributed by atoms with Gasteiger partial charge in [0.25, 0.3) is 0 Å². The van der Waals surface area contributed by atoms with Crippen molar-refractivity contribution in [2.24, 2.45) is 5.92 Å². The molecule has 1 aromatic carbocycles. The highest BCUT2D eigenvalue weighted by molar-refractivity contribution is 7.89. The first-order valence-electron chi connectivity index (χ1n) is 7.05. The number of hydrogen-bond donors (Lipinski definition) is 2. The van der Waals surface area contributed by atoms with E-state index in [0.717, 1.165) is 12.5 Å². The number of hydrogen-bond acceptors (Lipinski definition) is 5. The molecule has 3 N–H and O–H groups in total. The zero-order valence-electron chi connectivity index (χ0n) is 12.5. The molecule has 7 heteroatoms. The van der Waals surface area contributed by atoms with E-state index in [4.69, 9.17) is 10.5 Å². The zero-order chi connectivity index (χ0) is 15.5. The van der Waals surface area contributed by atoms with E-state index in [1.54, 1.807) is 12.1 Å². The maximum atomic E-state index is 12.1. The van der Waals surface area contributed by atoms with Crippen LogP contribution in [0.1, 0.15) is 12.8 Å². The molecule has 0 atom stereocenters. The minimum Gasteiger partial charge on any atom is -0.397 e. The van der Waals surface area contributed by atoms with E-state index in [2.05, 4.69) is 5.32 Å². The molecule has 21 heavy (non-hydrogen) atoms. The third-order valence-electron chi connectivity index (χ3n) is 3.42. The summed E-state index contributed by atoms with van der Waals surface area (Å²) in [6.07, 6.45) is 2.54. The molecule has 1 aliphatic carbocycles. The number of sulfonamides is 1. The predicted octanol–water partition coefficient (Wildman–Crippen LogP) is 1.36. The summed E-state index contributed by atoms with van der Waals surface area (Å²) in [5.41, 5.74) is 7.01. The average molecular weight is 313 g/mol. The van der Waals surface area contributed by atoms with E-state index in [1.165, 1.54) is 37.3 Å². The summed E-state index contributed by atoms with van der Waals surface area (Å²) in [4.78, 5) is 0.225. The van der Waals surface area contributed by atoms with Crippen molar-refractivity contribution in [2.75, 3.05) is 44.9 Å². The van der Waals surface area contributed by atoms with Gasteiger partial charge in [-0.2, -0.15) is 0 Å². The average Bonchev–Trinajstić information content (AvgIpc) is 3.24. The number of benzene rings is 1. The molecule has 1 aliphatic rings. The fraction of sp³-hybridized carbons (Fsp3) is 0.571. The Kier molecular flexibility index (Phi) is 5.08. The van der Waals surface area contributed by atoms with Gasteiger partial charge in [0.2, 0.25) is 10.0 Å². The van der Waals surface area contributed by atoms with Crippen molar-refractivity contribution >= 4 is 21.4 Å². The lowest BCUT2D eigenvalue weighted by atomic mass is 10.2. The van der Waals surface area contributed by atoms with Crippen LogP contribution >= 0.6 is 0 Å². The third-order valence-corrected chi connectivity index (χ3v) is 5.23. The second kappa shape index (κ2) is 6.64. The van der Waals surface area contributed by atoms with Gasteiger partial charge in [-0.05, 0) is 37.0 Å². The Balaban J connectivity index is 1.94. The number of nitrogens with one attached hydrogen (secondary N) is 1. The lowest BCUT2D eigenvalue weighted by Crippen LogP contribution is -2.22. The van der Waals surface area contributed by atoms with Gasteiger partial charge in [0.05, 0.1) is 22.9 Å². The highest BCUT2D eigenvalue weighted by atomic mass is 32.2. The van der Waals surface area contributed by atoms with Crippen molar-refractivity contribution < 1.29 is 13.2 Å². The molecular weight excluding hydrogens is 290 g/mol. The van der Waals surface area contributed by atoms with E-state index >= 15 is 0 Å². The van der Waals surface area contributed by atoms with Crippen LogP contribution in [0.5, 0.6) is 0 Å². The number of nitrogens with zero attached hydrogens (tertiary/aromatic N) is 1. The topological polar surface area (TPSA) is 84.7 Å². The van der Waals surface area contributed by atoms with Gasteiger partial charge >= 0.3 is 0 Å². The summed E-state index contributed by atoms with van der Waals surface area (Å²) in [6, 6.07) is 4.68. The molecule has 118 valence electrons.